The highest BCUT2D eigenvalue weighted by molar-refractivity contribution is 5.99. The molecule has 2 aromatic carbocycles. The minimum absolute atomic E-state index is 0.0771. The maximum Gasteiger partial charge on any atom is 0.234 e. The van der Waals surface area contributed by atoms with Gasteiger partial charge in [-0.3, -0.25) is 4.79 Å². The molecule has 1 atom stereocenters. The van der Waals surface area contributed by atoms with Crippen LogP contribution in [0.1, 0.15) is 37.8 Å². The van der Waals surface area contributed by atoms with E-state index in [1.54, 1.807) is 0 Å². The zero-order chi connectivity index (χ0) is 18.0. The van der Waals surface area contributed by atoms with Crippen LogP contribution in [0.4, 0.5) is 5.69 Å². The molecule has 1 heterocycles. The second kappa shape index (κ2) is 7.18. The van der Waals surface area contributed by atoms with Gasteiger partial charge in [-0.25, -0.2) is 0 Å². The molecule has 4 nitrogen and oxygen atoms in total. The van der Waals surface area contributed by atoms with E-state index < -0.39 is 0 Å². The molecule has 4 heteroatoms. The Morgan fingerprint density at radius 3 is 2.36 bits per heavy atom. The number of fused-ring (bicyclic) bond motifs is 1. The van der Waals surface area contributed by atoms with Crippen LogP contribution in [0.2, 0.25) is 0 Å². The lowest BCUT2D eigenvalue weighted by Crippen LogP contribution is -2.40. The Hall–Kier alpha value is -2.49. The molecule has 0 aromatic heterocycles. The van der Waals surface area contributed by atoms with Gasteiger partial charge in [0.1, 0.15) is 13.2 Å². The smallest absolute Gasteiger partial charge is 0.234 e. The van der Waals surface area contributed by atoms with Crippen molar-refractivity contribution in [2.24, 2.45) is 0 Å². The van der Waals surface area contributed by atoms with Crippen LogP contribution in [0.5, 0.6) is 11.5 Å². The summed E-state index contributed by atoms with van der Waals surface area (Å²) in [7, 11) is 0. The average molecular weight is 339 g/mol. The van der Waals surface area contributed by atoms with Gasteiger partial charge in [0.15, 0.2) is 11.5 Å². The third kappa shape index (κ3) is 3.48. The van der Waals surface area contributed by atoms with Crippen LogP contribution in [0.3, 0.4) is 0 Å². The van der Waals surface area contributed by atoms with Crippen LogP contribution in [0.25, 0.3) is 0 Å². The van der Waals surface area contributed by atoms with E-state index in [4.69, 9.17) is 9.47 Å². The van der Waals surface area contributed by atoms with Gasteiger partial charge in [-0.05, 0) is 57.0 Å². The Morgan fingerprint density at radius 2 is 1.68 bits per heavy atom. The normalized spacial score (nSPS) is 14.3. The molecule has 1 aliphatic rings. The van der Waals surface area contributed by atoms with Gasteiger partial charge in [-0.15, -0.1) is 0 Å². The highest BCUT2D eigenvalue weighted by atomic mass is 16.6. The molecule has 0 aliphatic carbocycles. The van der Waals surface area contributed by atoms with Gasteiger partial charge in [0, 0.05) is 11.7 Å². The number of amides is 1. The number of hydrogen-bond donors (Lipinski definition) is 0. The molecular weight excluding hydrogens is 314 g/mol. The van der Waals surface area contributed by atoms with Gasteiger partial charge < -0.3 is 14.4 Å². The summed E-state index contributed by atoms with van der Waals surface area (Å²) < 4.78 is 11.2. The van der Waals surface area contributed by atoms with Gasteiger partial charge in [-0.1, -0.05) is 24.3 Å². The SMILES string of the molecule is Cc1ccccc1N(C(=O)C(C)c1ccc2c(c1)OCCO2)C(C)C. The van der Waals surface area contributed by atoms with E-state index in [-0.39, 0.29) is 17.9 Å². The molecule has 1 aliphatic heterocycles. The maximum atomic E-state index is 13.3. The molecule has 0 fully saturated rings. The highest BCUT2D eigenvalue weighted by Crippen LogP contribution is 2.34. The summed E-state index contributed by atoms with van der Waals surface area (Å²) in [6.45, 7) is 9.17. The van der Waals surface area contributed by atoms with E-state index in [9.17, 15) is 4.79 Å². The molecule has 2 aromatic rings. The molecule has 0 N–H and O–H groups in total. The first-order valence-corrected chi connectivity index (χ1v) is 8.77. The average Bonchev–Trinajstić information content (AvgIpc) is 2.62. The zero-order valence-electron chi connectivity index (χ0n) is 15.3. The van der Waals surface area contributed by atoms with E-state index in [1.807, 2.05) is 75.1 Å². The number of aryl methyl sites for hydroxylation is 1. The molecule has 0 saturated carbocycles. The van der Waals surface area contributed by atoms with Crippen LogP contribution < -0.4 is 14.4 Å². The summed E-state index contributed by atoms with van der Waals surface area (Å²) in [5, 5.41) is 0. The monoisotopic (exact) mass is 339 g/mol. The molecule has 1 amide bonds. The maximum absolute atomic E-state index is 13.3. The van der Waals surface area contributed by atoms with Crippen molar-refractivity contribution >= 4 is 11.6 Å². The van der Waals surface area contributed by atoms with Crippen molar-refractivity contribution in [2.45, 2.75) is 39.7 Å². The lowest BCUT2D eigenvalue weighted by Gasteiger charge is -2.31. The van der Waals surface area contributed by atoms with Gasteiger partial charge >= 0.3 is 0 Å². The fourth-order valence-electron chi connectivity index (χ4n) is 3.17. The zero-order valence-corrected chi connectivity index (χ0v) is 15.3. The Kier molecular flexibility index (Phi) is 4.98. The second-order valence-corrected chi connectivity index (χ2v) is 6.71. The molecule has 0 saturated heterocycles. The van der Waals surface area contributed by atoms with Crippen molar-refractivity contribution in [2.75, 3.05) is 18.1 Å². The van der Waals surface area contributed by atoms with Gasteiger partial charge in [-0.2, -0.15) is 0 Å². The fraction of sp³-hybridized carbons (Fsp3) is 0.381. The molecule has 25 heavy (non-hydrogen) atoms. The van der Waals surface area contributed by atoms with E-state index in [2.05, 4.69) is 0 Å². The van der Waals surface area contributed by atoms with Gasteiger partial charge in [0.05, 0.1) is 5.92 Å². The predicted octanol–water partition coefficient (Wildman–Crippen LogP) is 4.31. The second-order valence-electron chi connectivity index (χ2n) is 6.71. The van der Waals surface area contributed by atoms with Crippen molar-refractivity contribution in [1.29, 1.82) is 0 Å². The number of benzene rings is 2. The van der Waals surface area contributed by atoms with Crippen molar-refractivity contribution in [3.8, 4) is 11.5 Å². The van der Waals surface area contributed by atoms with Crippen molar-refractivity contribution in [3.63, 3.8) is 0 Å². The van der Waals surface area contributed by atoms with Gasteiger partial charge in [0.2, 0.25) is 5.91 Å². The number of carbonyl (C=O) groups is 1. The minimum Gasteiger partial charge on any atom is -0.486 e. The van der Waals surface area contributed by atoms with Gasteiger partial charge in [0.25, 0.3) is 0 Å². The number of carbonyl (C=O) groups excluding carboxylic acids is 1. The van der Waals surface area contributed by atoms with Crippen molar-refractivity contribution < 1.29 is 14.3 Å². The topological polar surface area (TPSA) is 38.8 Å². The van der Waals surface area contributed by atoms with E-state index in [0.717, 1.165) is 28.3 Å². The molecule has 1 unspecified atom stereocenters. The van der Waals surface area contributed by atoms with Crippen LogP contribution in [0.15, 0.2) is 42.5 Å². The number of nitrogens with zero attached hydrogens (tertiary/aromatic N) is 1. The van der Waals surface area contributed by atoms with E-state index >= 15 is 0 Å². The summed E-state index contributed by atoms with van der Waals surface area (Å²) in [5.74, 6) is 1.28. The molecular formula is C21H25NO3. The Bertz CT molecular complexity index is 769. The number of rotatable bonds is 4. The Labute approximate surface area is 149 Å². The lowest BCUT2D eigenvalue weighted by atomic mass is 9.97. The third-order valence-corrected chi connectivity index (χ3v) is 4.57. The largest absolute Gasteiger partial charge is 0.486 e. The quantitative estimate of drug-likeness (QED) is 0.833. The first-order chi connectivity index (χ1) is 12.0. The Balaban J connectivity index is 1.91. The molecule has 0 spiro atoms. The molecule has 3 rings (SSSR count). The summed E-state index contributed by atoms with van der Waals surface area (Å²) in [5.41, 5.74) is 3.00. The molecule has 0 bridgehead atoms. The summed E-state index contributed by atoms with van der Waals surface area (Å²) >= 11 is 0. The number of hydrogen-bond acceptors (Lipinski definition) is 3. The molecule has 132 valence electrons. The van der Waals surface area contributed by atoms with Crippen LogP contribution >= 0.6 is 0 Å². The van der Waals surface area contributed by atoms with E-state index in [1.165, 1.54) is 0 Å². The van der Waals surface area contributed by atoms with Crippen molar-refractivity contribution in [1.82, 2.24) is 0 Å². The summed E-state index contributed by atoms with van der Waals surface area (Å²) in [6, 6.07) is 13.8. The fourth-order valence-corrected chi connectivity index (χ4v) is 3.17. The minimum atomic E-state index is -0.266. The summed E-state index contributed by atoms with van der Waals surface area (Å²) in [6.07, 6.45) is 0. The highest BCUT2D eigenvalue weighted by Gasteiger charge is 2.27. The standard InChI is InChI=1S/C21H25NO3/c1-14(2)22(18-8-6-5-7-15(18)3)21(23)16(4)17-9-10-19-20(13-17)25-12-11-24-19/h5-10,13-14,16H,11-12H2,1-4H3. The van der Waals surface area contributed by atoms with Crippen LogP contribution in [-0.2, 0) is 4.79 Å². The summed E-state index contributed by atoms with van der Waals surface area (Å²) in [4.78, 5) is 15.1. The van der Waals surface area contributed by atoms with Crippen molar-refractivity contribution in [3.05, 3.63) is 53.6 Å². The first-order valence-electron chi connectivity index (χ1n) is 8.77. The lowest BCUT2D eigenvalue weighted by molar-refractivity contribution is -0.120. The van der Waals surface area contributed by atoms with Crippen LogP contribution in [-0.4, -0.2) is 25.2 Å². The first kappa shape index (κ1) is 17.3. The Morgan fingerprint density at radius 1 is 1.00 bits per heavy atom. The number of para-hydroxylation sites is 1. The van der Waals surface area contributed by atoms with E-state index in [0.29, 0.717) is 13.2 Å². The van der Waals surface area contributed by atoms with Crippen LogP contribution in [0, 0.1) is 6.92 Å². The predicted molar refractivity (Wildman–Crippen MR) is 99.6 cm³/mol. The third-order valence-electron chi connectivity index (χ3n) is 4.57. The number of ether oxygens (including phenoxy) is 2. The molecule has 0 radical (unpaired) electrons. The number of anilines is 1.